The summed E-state index contributed by atoms with van der Waals surface area (Å²) in [5.74, 6) is 1.44. The standard InChI is InChI=1S/C21H24IN3O2/c1-13-7-14(2)9-17(8-13)27-20-18(15(3)24-21(26)19(20)22)12-25-6-4-5-16(10-23)11-25/h7-9,16H,4-6,11-12H2,1-3H3,(H,24,26). The monoisotopic (exact) mass is 477 g/mol. The molecule has 0 amide bonds. The molecule has 0 radical (unpaired) electrons. The molecule has 1 aromatic heterocycles. The molecule has 142 valence electrons. The van der Waals surface area contributed by atoms with Crippen LogP contribution in [0, 0.1) is 41.6 Å². The van der Waals surface area contributed by atoms with Gasteiger partial charge in [0.25, 0.3) is 5.56 Å². The third-order valence-electron chi connectivity index (χ3n) is 4.91. The molecule has 2 heterocycles. The van der Waals surface area contributed by atoms with Crippen LogP contribution in [0.5, 0.6) is 11.5 Å². The number of nitriles is 1. The minimum atomic E-state index is -0.134. The highest BCUT2D eigenvalue weighted by Gasteiger charge is 2.23. The van der Waals surface area contributed by atoms with E-state index in [0.717, 1.165) is 54.1 Å². The zero-order valence-corrected chi connectivity index (χ0v) is 18.1. The van der Waals surface area contributed by atoms with E-state index in [0.29, 0.717) is 15.9 Å². The fourth-order valence-electron chi connectivity index (χ4n) is 3.64. The van der Waals surface area contributed by atoms with E-state index in [-0.39, 0.29) is 11.5 Å². The first-order chi connectivity index (χ1) is 12.9. The smallest absolute Gasteiger partial charge is 0.265 e. The van der Waals surface area contributed by atoms with E-state index in [9.17, 15) is 10.1 Å². The number of piperidine rings is 1. The molecule has 0 spiro atoms. The fourth-order valence-corrected chi connectivity index (χ4v) is 4.21. The Morgan fingerprint density at radius 2 is 2.00 bits per heavy atom. The van der Waals surface area contributed by atoms with E-state index in [2.05, 4.69) is 44.6 Å². The van der Waals surface area contributed by atoms with Gasteiger partial charge in [0.15, 0.2) is 5.75 Å². The molecule has 0 saturated carbocycles. The first kappa shape index (κ1) is 19.9. The lowest BCUT2D eigenvalue weighted by Gasteiger charge is -2.30. The lowest BCUT2D eigenvalue weighted by molar-refractivity contribution is 0.190. The molecule has 0 bridgehead atoms. The number of benzene rings is 1. The van der Waals surface area contributed by atoms with E-state index >= 15 is 0 Å². The summed E-state index contributed by atoms with van der Waals surface area (Å²) in [6.07, 6.45) is 1.98. The molecule has 3 rings (SSSR count). The topological polar surface area (TPSA) is 69.1 Å². The SMILES string of the molecule is Cc1cc(C)cc(Oc2c(CN3CCCC(C#N)C3)c(C)[nH]c(=O)c2I)c1. The Morgan fingerprint density at radius 1 is 1.30 bits per heavy atom. The zero-order valence-electron chi connectivity index (χ0n) is 15.9. The van der Waals surface area contributed by atoms with Gasteiger partial charge >= 0.3 is 0 Å². The van der Waals surface area contributed by atoms with Crippen molar-refractivity contribution < 1.29 is 4.74 Å². The van der Waals surface area contributed by atoms with Crippen LogP contribution in [0.15, 0.2) is 23.0 Å². The summed E-state index contributed by atoms with van der Waals surface area (Å²) in [7, 11) is 0. The van der Waals surface area contributed by atoms with Crippen molar-refractivity contribution in [2.45, 2.75) is 40.2 Å². The number of ether oxygens (including phenoxy) is 1. The quantitative estimate of drug-likeness (QED) is 0.662. The fraction of sp³-hybridized carbons (Fsp3) is 0.429. The van der Waals surface area contributed by atoms with Gasteiger partial charge in [0.05, 0.1) is 12.0 Å². The number of likely N-dealkylation sites (tertiary alicyclic amines) is 1. The van der Waals surface area contributed by atoms with Gasteiger partial charge in [-0.05, 0) is 86.0 Å². The van der Waals surface area contributed by atoms with Gasteiger partial charge in [-0.25, -0.2) is 0 Å². The molecule has 1 N–H and O–H groups in total. The Balaban J connectivity index is 1.97. The maximum Gasteiger partial charge on any atom is 0.265 e. The molecule has 1 aromatic carbocycles. The van der Waals surface area contributed by atoms with Crippen LogP contribution < -0.4 is 10.3 Å². The van der Waals surface area contributed by atoms with E-state index in [1.54, 1.807) is 0 Å². The number of aromatic amines is 1. The largest absolute Gasteiger partial charge is 0.456 e. The number of aromatic nitrogens is 1. The zero-order chi connectivity index (χ0) is 19.6. The van der Waals surface area contributed by atoms with Crippen LogP contribution in [0.3, 0.4) is 0 Å². The average molecular weight is 477 g/mol. The summed E-state index contributed by atoms with van der Waals surface area (Å²) in [6.45, 7) is 8.35. The maximum absolute atomic E-state index is 12.3. The average Bonchev–Trinajstić information content (AvgIpc) is 2.62. The first-order valence-corrected chi connectivity index (χ1v) is 10.2. The third-order valence-corrected chi connectivity index (χ3v) is 5.89. The molecule has 1 aliphatic heterocycles. The highest BCUT2D eigenvalue weighted by atomic mass is 127. The lowest BCUT2D eigenvalue weighted by Crippen LogP contribution is -2.35. The van der Waals surface area contributed by atoms with Crippen molar-refractivity contribution in [2.75, 3.05) is 13.1 Å². The highest BCUT2D eigenvalue weighted by molar-refractivity contribution is 14.1. The van der Waals surface area contributed by atoms with E-state index < -0.39 is 0 Å². The van der Waals surface area contributed by atoms with Gasteiger partial charge in [0.1, 0.15) is 9.32 Å². The van der Waals surface area contributed by atoms with Crippen LogP contribution in [-0.4, -0.2) is 23.0 Å². The van der Waals surface area contributed by atoms with Gasteiger partial charge in [-0.15, -0.1) is 0 Å². The van der Waals surface area contributed by atoms with Crippen molar-refractivity contribution in [1.29, 1.82) is 5.26 Å². The van der Waals surface area contributed by atoms with Crippen LogP contribution >= 0.6 is 22.6 Å². The first-order valence-electron chi connectivity index (χ1n) is 9.16. The number of nitrogens with zero attached hydrogens (tertiary/aromatic N) is 2. The molecule has 1 aliphatic rings. The molecule has 1 fully saturated rings. The van der Waals surface area contributed by atoms with Gasteiger partial charge < -0.3 is 9.72 Å². The number of halogens is 1. The van der Waals surface area contributed by atoms with Crippen molar-refractivity contribution in [3.63, 3.8) is 0 Å². The molecule has 6 heteroatoms. The Hall–Kier alpha value is -1.85. The predicted molar refractivity (Wildman–Crippen MR) is 114 cm³/mol. The molecule has 5 nitrogen and oxygen atoms in total. The van der Waals surface area contributed by atoms with Gasteiger partial charge in [-0.1, -0.05) is 6.07 Å². The van der Waals surface area contributed by atoms with Gasteiger partial charge in [0.2, 0.25) is 0 Å². The third kappa shape index (κ3) is 4.71. The summed E-state index contributed by atoms with van der Waals surface area (Å²) in [6, 6.07) is 8.45. The molecule has 1 unspecified atom stereocenters. The van der Waals surface area contributed by atoms with Crippen LogP contribution in [-0.2, 0) is 6.54 Å². The Morgan fingerprint density at radius 3 is 2.67 bits per heavy atom. The molecule has 1 saturated heterocycles. The number of hydrogen-bond acceptors (Lipinski definition) is 4. The Labute approximate surface area is 173 Å². The van der Waals surface area contributed by atoms with Crippen molar-refractivity contribution in [3.8, 4) is 17.6 Å². The summed E-state index contributed by atoms with van der Waals surface area (Å²) >= 11 is 2.06. The van der Waals surface area contributed by atoms with Crippen molar-refractivity contribution >= 4 is 22.6 Å². The number of rotatable bonds is 4. The van der Waals surface area contributed by atoms with Crippen LogP contribution in [0.1, 0.15) is 35.2 Å². The molecular formula is C21H24IN3O2. The summed E-state index contributed by atoms with van der Waals surface area (Å²) < 4.78 is 6.80. The van der Waals surface area contributed by atoms with Crippen LogP contribution in [0.25, 0.3) is 0 Å². The number of aryl methyl sites for hydroxylation is 3. The minimum Gasteiger partial charge on any atom is -0.456 e. The summed E-state index contributed by atoms with van der Waals surface area (Å²) in [5, 5.41) is 9.26. The maximum atomic E-state index is 12.3. The van der Waals surface area contributed by atoms with E-state index in [1.165, 1.54) is 0 Å². The van der Waals surface area contributed by atoms with E-state index in [1.807, 2.05) is 32.9 Å². The second-order valence-electron chi connectivity index (χ2n) is 7.33. The predicted octanol–water partition coefficient (Wildman–Crippen LogP) is 4.43. The number of hydrogen-bond donors (Lipinski definition) is 1. The highest BCUT2D eigenvalue weighted by Crippen LogP contribution is 2.32. The second-order valence-corrected chi connectivity index (χ2v) is 8.41. The van der Waals surface area contributed by atoms with Crippen LogP contribution in [0.4, 0.5) is 0 Å². The van der Waals surface area contributed by atoms with Gasteiger partial charge in [-0.2, -0.15) is 5.26 Å². The van der Waals surface area contributed by atoms with Crippen molar-refractivity contribution in [1.82, 2.24) is 9.88 Å². The molecule has 0 aliphatic carbocycles. The molecule has 27 heavy (non-hydrogen) atoms. The Kier molecular flexibility index (Phi) is 6.22. The summed E-state index contributed by atoms with van der Waals surface area (Å²) in [5.41, 5.74) is 3.91. The minimum absolute atomic E-state index is 0.0738. The van der Waals surface area contributed by atoms with Crippen LogP contribution in [0.2, 0.25) is 0 Å². The molecular weight excluding hydrogens is 453 g/mol. The molecule has 1 atom stereocenters. The number of nitrogens with one attached hydrogen (secondary N) is 1. The number of pyridine rings is 1. The van der Waals surface area contributed by atoms with E-state index in [4.69, 9.17) is 4.74 Å². The van der Waals surface area contributed by atoms with Crippen molar-refractivity contribution in [2.24, 2.45) is 5.92 Å². The summed E-state index contributed by atoms with van der Waals surface area (Å²) in [4.78, 5) is 17.5. The van der Waals surface area contributed by atoms with Gasteiger partial charge in [-0.3, -0.25) is 9.69 Å². The van der Waals surface area contributed by atoms with Gasteiger partial charge in [0, 0.05) is 24.3 Å². The molecule has 2 aromatic rings. The second kappa shape index (κ2) is 8.44. The Bertz CT molecular complexity index is 925. The normalized spacial score (nSPS) is 17.5. The lowest BCUT2D eigenvalue weighted by atomic mass is 9.99. The van der Waals surface area contributed by atoms with Crippen molar-refractivity contribution in [3.05, 3.63) is 54.5 Å². The number of H-pyrrole nitrogens is 1.